The number of fused-ring (bicyclic) bond motifs is 1. The number of hydrogen-bond donors (Lipinski definition) is 1. The molecule has 0 fully saturated rings. The van der Waals surface area contributed by atoms with Crippen molar-refractivity contribution in [3.05, 3.63) is 88.1 Å². The minimum atomic E-state index is -3.86. The predicted octanol–water partition coefficient (Wildman–Crippen LogP) is 2.43. The zero-order valence-corrected chi connectivity index (χ0v) is 16.7. The van der Waals surface area contributed by atoms with Crippen LogP contribution in [0.4, 0.5) is 5.69 Å². The van der Waals surface area contributed by atoms with Gasteiger partial charge in [-0.25, -0.2) is 13.4 Å². The minimum Gasteiger partial charge on any atom is -0.273 e. The Balaban J connectivity index is 1.82. The fraction of sp³-hybridized carbons (Fsp3) is 0.150. The topological polar surface area (TPSA) is 100 Å². The van der Waals surface area contributed by atoms with Crippen LogP contribution in [0.15, 0.2) is 70.4 Å². The Morgan fingerprint density at radius 1 is 1.00 bits per heavy atom. The molecule has 8 nitrogen and oxygen atoms in total. The summed E-state index contributed by atoms with van der Waals surface area (Å²) in [6, 6.07) is 16.8. The van der Waals surface area contributed by atoms with Crippen molar-refractivity contribution in [2.45, 2.75) is 25.3 Å². The molecule has 0 unspecified atom stereocenters. The zero-order chi connectivity index (χ0) is 20.6. The molecule has 0 aliphatic heterocycles. The highest BCUT2D eigenvalue weighted by Crippen LogP contribution is 2.25. The van der Waals surface area contributed by atoms with E-state index in [4.69, 9.17) is 0 Å². The lowest BCUT2D eigenvalue weighted by molar-refractivity contribution is 0.589. The molecule has 1 N–H and O–H groups in total. The summed E-state index contributed by atoms with van der Waals surface area (Å²) in [6.45, 7) is 3.55. The van der Waals surface area contributed by atoms with Gasteiger partial charge in [-0.3, -0.25) is 14.2 Å². The van der Waals surface area contributed by atoms with Gasteiger partial charge < -0.3 is 0 Å². The highest BCUT2D eigenvalue weighted by atomic mass is 32.2. The number of aromatic amines is 1. The molecule has 0 saturated heterocycles. The Morgan fingerprint density at radius 2 is 1.69 bits per heavy atom. The van der Waals surface area contributed by atoms with E-state index >= 15 is 0 Å². The fourth-order valence-electron chi connectivity index (χ4n) is 2.99. The lowest BCUT2D eigenvalue weighted by Gasteiger charge is -2.23. The van der Waals surface area contributed by atoms with E-state index in [0.29, 0.717) is 17.2 Å². The van der Waals surface area contributed by atoms with Crippen LogP contribution in [0.5, 0.6) is 0 Å². The van der Waals surface area contributed by atoms with Crippen molar-refractivity contribution in [2.24, 2.45) is 0 Å². The molecule has 29 heavy (non-hydrogen) atoms. The summed E-state index contributed by atoms with van der Waals surface area (Å²) in [5.41, 5.74) is 1.75. The first-order valence-electron chi connectivity index (χ1n) is 8.94. The van der Waals surface area contributed by atoms with E-state index in [1.807, 2.05) is 19.1 Å². The molecule has 0 aliphatic carbocycles. The zero-order valence-electron chi connectivity index (χ0n) is 15.9. The van der Waals surface area contributed by atoms with Crippen molar-refractivity contribution in [3.63, 3.8) is 0 Å². The summed E-state index contributed by atoms with van der Waals surface area (Å²) >= 11 is 0. The lowest BCUT2D eigenvalue weighted by Crippen LogP contribution is -2.31. The largest absolute Gasteiger partial charge is 0.274 e. The average Bonchev–Trinajstić information content (AvgIpc) is 3.10. The molecule has 2 aromatic carbocycles. The normalized spacial score (nSPS) is 11.7. The van der Waals surface area contributed by atoms with Crippen LogP contribution in [0.25, 0.3) is 5.78 Å². The minimum absolute atomic E-state index is 0.0812. The van der Waals surface area contributed by atoms with Crippen LogP contribution in [0.2, 0.25) is 0 Å². The van der Waals surface area contributed by atoms with Crippen LogP contribution in [-0.2, 0) is 16.6 Å². The standard InChI is InChI=1S/C20H19N5O3S/c1-14-8-10-16(11-9-14)24(29(27,28)17-6-4-3-5-7-17)13-18-22-20-21-15(2)12-19(26)25(20)23-18/h3-12H,13H2,1-2H3,(H,21,22,23). The SMILES string of the molecule is Cc1ccc(N(Cc2nc3nc(C)cc(=O)n3[nH]2)S(=O)(=O)c2ccccc2)cc1. The van der Waals surface area contributed by atoms with E-state index < -0.39 is 10.0 Å². The van der Waals surface area contributed by atoms with Crippen LogP contribution in [-0.4, -0.2) is 28.0 Å². The molecule has 0 amide bonds. The van der Waals surface area contributed by atoms with Gasteiger partial charge in [0.1, 0.15) is 5.82 Å². The summed E-state index contributed by atoms with van der Waals surface area (Å²) in [5.74, 6) is 0.506. The molecule has 4 rings (SSSR count). The molecule has 0 aliphatic rings. The van der Waals surface area contributed by atoms with Gasteiger partial charge in [0.25, 0.3) is 21.4 Å². The van der Waals surface area contributed by atoms with E-state index in [1.165, 1.54) is 14.9 Å². The third kappa shape index (κ3) is 3.64. The Hall–Kier alpha value is -3.46. The molecule has 0 atom stereocenters. The molecular weight excluding hydrogens is 390 g/mol. The van der Waals surface area contributed by atoms with Crippen molar-refractivity contribution < 1.29 is 8.42 Å². The summed E-state index contributed by atoms with van der Waals surface area (Å²) in [6.07, 6.45) is 0. The molecular formula is C20H19N5O3S. The lowest BCUT2D eigenvalue weighted by atomic mass is 10.2. The third-order valence-corrected chi connectivity index (χ3v) is 6.24. The molecule has 2 aromatic heterocycles. The first-order chi connectivity index (χ1) is 13.8. The molecule has 2 heterocycles. The van der Waals surface area contributed by atoms with Gasteiger partial charge in [0.05, 0.1) is 17.1 Å². The number of hydrogen-bond acceptors (Lipinski definition) is 5. The van der Waals surface area contributed by atoms with Gasteiger partial charge in [0, 0.05) is 11.8 Å². The summed E-state index contributed by atoms with van der Waals surface area (Å²) in [7, 11) is -3.86. The number of nitrogens with zero attached hydrogens (tertiary/aromatic N) is 4. The first-order valence-corrected chi connectivity index (χ1v) is 10.4. The molecule has 9 heteroatoms. The van der Waals surface area contributed by atoms with Gasteiger partial charge in [0.15, 0.2) is 0 Å². The predicted molar refractivity (Wildman–Crippen MR) is 109 cm³/mol. The number of nitrogens with one attached hydrogen (secondary N) is 1. The van der Waals surface area contributed by atoms with Crippen LogP contribution in [0.3, 0.4) is 0 Å². The molecule has 4 aromatic rings. The van der Waals surface area contributed by atoms with E-state index in [1.54, 1.807) is 49.4 Å². The van der Waals surface area contributed by atoms with Crippen molar-refractivity contribution in [2.75, 3.05) is 4.31 Å². The van der Waals surface area contributed by atoms with E-state index in [-0.39, 0.29) is 22.8 Å². The van der Waals surface area contributed by atoms with Gasteiger partial charge in [-0.1, -0.05) is 35.9 Å². The Kier molecular flexibility index (Phi) is 4.67. The van der Waals surface area contributed by atoms with Crippen molar-refractivity contribution in [1.29, 1.82) is 0 Å². The number of aromatic nitrogens is 4. The summed E-state index contributed by atoms with van der Waals surface area (Å²) in [5, 5.41) is 2.85. The van der Waals surface area contributed by atoms with Crippen molar-refractivity contribution in [1.82, 2.24) is 19.6 Å². The van der Waals surface area contributed by atoms with Crippen molar-refractivity contribution in [3.8, 4) is 0 Å². The maximum atomic E-state index is 13.4. The smallest absolute Gasteiger partial charge is 0.273 e. The first kappa shape index (κ1) is 18.9. The fourth-order valence-corrected chi connectivity index (χ4v) is 4.44. The maximum Gasteiger partial charge on any atom is 0.274 e. The highest BCUT2D eigenvalue weighted by molar-refractivity contribution is 7.92. The highest BCUT2D eigenvalue weighted by Gasteiger charge is 2.26. The monoisotopic (exact) mass is 409 g/mol. The van der Waals surface area contributed by atoms with Crippen molar-refractivity contribution >= 4 is 21.5 Å². The number of aryl methyl sites for hydroxylation is 2. The van der Waals surface area contributed by atoms with Gasteiger partial charge in [-0.2, -0.15) is 9.50 Å². The molecule has 0 bridgehead atoms. The molecule has 148 valence electrons. The Bertz CT molecular complexity index is 1330. The average molecular weight is 409 g/mol. The number of H-pyrrole nitrogens is 1. The van der Waals surface area contributed by atoms with E-state index in [9.17, 15) is 13.2 Å². The second-order valence-corrected chi connectivity index (χ2v) is 8.56. The summed E-state index contributed by atoms with van der Waals surface area (Å²) in [4.78, 5) is 20.9. The van der Waals surface area contributed by atoms with E-state index in [0.717, 1.165) is 5.56 Å². The molecule has 0 spiro atoms. The number of sulfonamides is 1. The van der Waals surface area contributed by atoms with Crippen LogP contribution in [0.1, 0.15) is 17.1 Å². The second kappa shape index (κ2) is 7.17. The number of rotatable bonds is 5. The Morgan fingerprint density at radius 3 is 2.38 bits per heavy atom. The van der Waals surface area contributed by atoms with Crippen LogP contribution < -0.4 is 9.86 Å². The number of benzene rings is 2. The van der Waals surface area contributed by atoms with E-state index in [2.05, 4.69) is 15.1 Å². The second-order valence-electron chi connectivity index (χ2n) is 6.70. The van der Waals surface area contributed by atoms with Gasteiger partial charge in [0.2, 0.25) is 0 Å². The van der Waals surface area contributed by atoms with Gasteiger partial charge >= 0.3 is 0 Å². The van der Waals surface area contributed by atoms with Gasteiger partial charge in [-0.05, 0) is 38.1 Å². The van der Waals surface area contributed by atoms with Crippen LogP contribution >= 0.6 is 0 Å². The summed E-state index contributed by atoms with van der Waals surface area (Å²) < 4.78 is 29.2. The Labute approximate surface area is 167 Å². The third-order valence-electron chi connectivity index (χ3n) is 4.45. The maximum absolute atomic E-state index is 13.4. The van der Waals surface area contributed by atoms with Gasteiger partial charge in [-0.15, -0.1) is 0 Å². The van der Waals surface area contributed by atoms with Crippen LogP contribution in [0, 0.1) is 13.8 Å². The molecule has 0 saturated carbocycles. The molecule has 0 radical (unpaired) electrons. The number of anilines is 1. The quantitative estimate of drug-likeness (QED) is 0.546.